The molecule has 0 heterocycles. The molecule has 0 aromatic heterocycles. The molecule has 2 unspecified atom stereocenters. The third-order valence-electron chi connectivity index (χ3n) is 4.04. The Morgan fingerprint density at radius 3 is 2.36 bits per heavy atom. The number of hydrogen-bond acceptors (Lipinski definition) is 5. The molecule has 7 heteroatoms. The van der Waals surface area contributed by atoms with E-state index in [0.29, 0.717) is 12.1 Å². The molecule has 0 saturated heterocycles. The number of halogens is 1. The quantitative estimate of drug-likeness (QED) is 0.458. The number of phenols is 1. The lowest BCUT2D eigenvalue weighted by Crippen LogP contribution is -2.31. The first kappa shape index (κ1) is 25.9. The van der Waals surface area contributed by atoms with Gasteiger partial charge in [0, 0.05) is 19.2 Å². The van der Waals surface area contributed by atoms with Crippen LogP contribution in [0.4, 0.5) is 0 Å². The molecule has 6 nitrogen and oxygen atoms in total. The van der Waals surface area contributed by atoms with Crippen LogP contribution in [0.1, 0.15) is 47.9 Å². The summed E-state index contributed by atoms with van der Waals surface area (Å²) in [6.07, 6.45) is 1.15. The Labute approximate surface area is 172 Å². The van der Waals surface area contributed by atoms with Crippen LogP contribution in [-0.2, 0) is 6.42 Å². The number of benzene rings is 2. The second-order valence-electron chi connectivity index (χ2n) is 6.31. The summed E-state index contributed by atoms with van der Waals surface area (Å²) in [6.45, 7) is 4.36. The van der Waals surface area contributed by atoms with Crippen LogP contribution in [0.15, 0.2) is 48.5 Å². The predicted molar refractivity (Wildman–Crippen MR) is 114 cm³/mol. The van der Waals surface area contributed by atoms with Gasteiger partial charge in [-0.3, -0.25) is 4.79 Å². The maximum absolute atomic E-state index is 11.2. The number of primary amides is 1. The highest BCUT2D eigenvalue weighted by atomic mass is 35.5. The molecule has 0 spiro atoms. The maximum atomic E-state index is 11.2. The van der Waals surface area contributed by atoms with E-state index in [4.69, 9.17) is 10.8 Å². The minimum atomic E-state index is -0.775. The zero-order valence-electron chi connectivity index (χ0n) is 16.3. The van der Waals surface area contributed by atoms with Crippen molar-refractivity contribution in [2.24, 2.45) is 5.73 Å². The van der Waals surface area contributed by atoms with Crippen LogP contribution >= 0.6 is 12.4 Å². The molecule has 0 bridgehead atoms. The van der Waals surface area contributed by atoms with E-state index in [-0.39, 0.29) is 36.4 Å². The van der Waals surface area contributed by atoms with Crippen molar-refractivity contribution >= 4 is 18.3 Å². The Kier molecular flexibility index (Phi) is 12.9. The van der Waals surface area contributed by atoms with Crippen LogP contribution in [-0.4, -0.2) is 40.4 Å². The highest BCUT2D eigenvalue weighted by molar-refractivity contribution is 5.95. The molecule has 6 N–H and O–H groups in total. The molecule has 156 valence electrons. The SMILES string of the molecule is CC(CCc1ccccc1)NCC(O)c1ccc(O)c(C(N)=O)c1.CCO.Cl. The summed E-state index contributed by atoms with van der Waals surface area (Å²) in [6, 6.07) is 14.9. The molecule has 0 radical (unpaired) electrons. The van der Waals surface area contributed by atoms with E-state index in [0.717, 1.165) is 12.8 Å². The van der Waals surface area contributed by atoms with Gasteiger partial charge in [-0.25, -0.2) is 0 Å². The number of nitrogens with one attached hydrogen (secondary N) is 1. The molecule has 1 amide bonds. The lowest BCUT2D eigenvalue weighted by Gasteiger charge is -2.18. The molecule has 28 heavy (non-hydrogen) atoms. The molecule has 2 aromatic rings. The topological polar surface area (TPSA) is 116 Å². The smallest absolute Gasteiger partial charge is 0.252 e. The third kappa shape index (κ3) is 9.19. The van der Waals surface area contributed by atoms with Crippen molar-refractivity contribution in [3.05, 3.63) is 65.2 Å². The number of amides is 1. The first-order valence-corrected chi connectivity index (χ1v) is 9.07. The van der Waals surface area contributed by atoms with Crippen molar-refractivity contribution in [2.75, 3.05) is 13.2 Å². The normalized spacial score (nSPS) is 12.1. The molecule has 0 aliphatic carbocycles. The summed E-state index contributed by atoms with van der Waals surface area (Å²) >= 11 is 0. The molecule has 0 aliphatic rings. The van der Waals surface area contributed by atoms with Gasteiger partial charge >= 0.3 is 0 Å². The zero-order chi connectivity index (χ0) is 20.2. The largest absolute Gasteiger partial charge is 0.507 e. The van der Waals surface area contributed by atoms with Crippen LogP contribution in [0.3, 0.4) is 0 Å². The van der Waals surface area contributed by atoms with E-state index < -0.39 is 12.0 Å². The summed E-state index contributed by atoms with van der Waals surface area (Å²) in [5.41, 5.74) is 7.06. The first-order valence-electron chi connectivity index (χ1n) is 9.07. The fraction of sp³-hybridized carbons (Fsp3) is 0.381. The van der Waals surface area contributed by atoms with Crippen molar-refractivity contribution in [2.45, 2.75) is 38.8 Å². The van der Waals surface area contributed by atoms with E-state index in [1.807, 2.05) is 18.2 Å². The molecule has 0 fully saturated rings. The Bertz CT molecular complexity index is 698. The van der Waals surface area contributed by atoms with Crippen molar-refractivity contribution in [1.29, 1.82) is 0 Å². The van der Waals surface area contributed by atoms with E-state index >= 15 is 0 Å². The zero-order valence-corrected chi connectivity index (χ0v) is 17.2. The lowest BCUT2D eigenvalue weighted by atomic mass is 10.0. The van der Waals surface area contributed by atoms with Gasteiger partial charge < -0.3 is 26.4 Å². The second-order valence-corrected chi connectivity index (χ2v) is 6.31. The number of carbonyl (C=O) groups is 1. The molecular weight excluding hydrogens is 380 g/mol. The molecule has 2 rings (SSSR count). The molecular formula is C21H31ClN2O4. The van der Waals surface area contributed by atoms with Crippen LogP contribution < -0.4 is 11.1 Å². The van der Waals surface area contributed by atoms with Crippen molar-refractivity contribution in [1.82, 2.24) is 5.32 Å². The van der Waals surface area contributed by atoms with E-state index in [2.05, 4.69) is 24.4 Å². The third-order valence-corrected chi connectivity index (χ3v) is 4.04. The Balaban J connectivity index is 0.00000171. The van der Waals surface area contributed by atoms with Gasteiger partial charge in [-0.1, -0.05) is 36.4 Å². The summed E-state index contributed by atoms with van der Waals surface area (Å²) in [5.74, 6) is -0.895. The minimum absolute atomic E-state index is 0. The fourth-order valence-electron chi connectivity index (χ4n) is 2.52. The number of hydrogen-bond donors (Lipinski definition) is 5. The average molecular weight is 411 g/mol. The fourth-order valence-corrected chi connectivity index (χ4v) is 2.52. The van der Waals surface area contributed by atoms with Gasteiger partial charge in [0.15, 0.2) is 0 Å². The van der Waals surface area contributed by atoms with E-state index in [9.17, 15) is 15.0 Å². The second kappa shape index (κ2) is 14.0. The minimum Gasteiger partial charge on any atom is -0.507 e. The number of aryl methyl sites for hydroxylation is 1. The average Bonchev–Trinajstić information content (AvgIpc) is 2.66. The number of rotatable bonds is 8. The van der Waals surface area contributed by atoms with Crippen LogP contribution in [0.2, 0.25) is 0 Å². The van der Waals surface area contributed by atoms with E-state index in [1.54, 1.807) is 13.0 Å². The summed E-state index contributed by atoms with van der Waals surface area (Å²) < 4.78 is 0. The number of carbonyl (C=O) groups excluding carboxylic acids is 1. The predicted octanol–water partition coefficient (Wildman–Crippen LogP) is 2.56. The number of aliphatic hydroxyl groups is 2. The van der Waals surface area contributed by atoms with Crippen molar-refractivity contribution in [3.8, 4) is 5.75 Å². The molecule has 2 atom stereocenters. The first-order chi connectivity index (χ1) is 12.9. The van der Waals surface area contributed by atoms with Gasteiger partial charge in [0.2, 0.25) is 0 Å². The Morgan fingerprint density at radius 1 is 1.18 bits per heavy atom. The highest BCUT2D eigenvalue weighted by Gasteiger charge is 2.14. The number of nitrogens with two attached hydrogens (primary N) is 1. The van der Waals surface area contributed by atoms with Gasteiger partial charge in [0.1, 0.15) is 5.75 Å². The van der Waals surface area contributed by atoms with Gasteiger partial charge in [-0.15, -0.1) is 12.4 Å². The lowest BCUT2D eigenvalue weighted by molar-refractivity contribution is 0.0997. The number of aromatic hydroxyl groups is 1. The van der Waals surface area contributed by atoms with Crippen molar-refractivity contribution in [3.63, 3.8) is 0 Å². The molecule has 2 aromatic carbocycles. The van der Waals surface area contributed by atoms with Gasteiger partial charge in [-0.05, 0) is 49.9 Å². The number of aliphatic hydroxyl groups excluding tert-OH is 2. The highest BCUT2D eigenvalue weighted by Crippen LogP contribution is 2.22. The molecule has 0 saturated carbocycles. The Hall–Kier alpha value is -2.12. The van der Waals surface area contributed by atoms with E-state index in [1.165, 1.54) is 17.7 Å². The Morgan fingerprint density at radius 2 is 1.79 bits per heavy atom. The van der Waals surface area contributed by atoms with Gasteiger partial charge in [-0.2, -0.15) is 0 Å². The summed E-state index contributed by atoms with van der Waals surface area (Å²) in [5, 5.41) is 30.7. The van der Waals surface area contributed by atoms with Gasteiger partial charge in [0.25, 0.3) is 5.91 Å². The monoisotopic (exact) mass is 410 g/mol. The van der Waals surface area contributed by atoms with Gasteiger partial charge in [0.05, 0.1) is 11.7 Å². The van der Waals surface area contributed by atoms with Crippen LogP contribution in [0.25, 0.3) is 0 Å². The maximum Gasteiger partial charge on any atom is 0.252 e. The standard InChI is InChI=1S/C19H24N2O3.C2H6O.ClH/c1-13(7-8-14-5-3-2-4-6-14)21-12-18(23)15-9-10-17(22)16(11-15)19(20)24;1-2-3;/h2-6,9-11,13,18,21-23H,7-8,12H2,1H3,(H2,20,24);3H,2H2,1H3;1H. The van der Waals surface area contributed by atoms with Crippen molar-refractivity contribution < 1.29 is 20.1 Å². The van der Waals surface area contributed by atoms with Crippen LogP contribution in [0.5, 0.6) is 5.75 Å². The summed E-state index contributed by atoms with van der Waals surface area (Å²) in [7, 11) is 0. The molecule has 0 aliphatic heterocycles. The van der Waals surface area contributed by atoms with Crippen LogP contribution in [0, 0.1) is 0 Å². The summed E-state index contributed by atoms with van der Waals surface area (Å²) in [4.78, 5) is 11.2.